The van der Waals surface area contributed by atoms with Crippen molar-refractivity contribution >= 4 is 33.2 Å². The Morgan fingerprint density at radius 3 is 2.38 bits per heavy atom. The Kier molecular flexibility index (Phi) is 5.85. The second-order valence-corrected chi connectivity index (χ2v) is 7.81. The number of carbonyl (C=O) groups is 1. The summed E-state index contributed by atoms with van der Waals surface area (Å²) in [6, 6.07) is 12.4. The molecule has 128 valence electrons. The van der Waals surface area contributed by atoms with E-state index in [9.17, 15) is 13.2 Å². The second-order valence-electron chi connectivity index (χ2n) is 5.72. The second kappa shape index (κ2) is 7.68. The van der Waals surface area contributed by atoms with Crippen molar-refractivity contribution in [2.24, 2.45) is 5.92 Å². The predicted molar refractivity (Wildman–Crippen MR) is 95.9 cm³/mol. The van der Waals surface area contributed by atoms with Gasteiger partial charge in [0.1, 0.15) is 0 Å². The van der Waals surface area contributed by atoms with E-state index in [2.05, 4.69) is 10.0 Å². The first kappa shape index (κ1) is 18.3. The lowest BCUT2D eigenvalue weighted by Crippen LogP contribution is -2.27. The normalized spacial score (nSPS) is 11.3. The van der Waals surface area contributed by atoms with Crippen molar-refractivity contribution in [3.05, 3.63) is 59.1 Å². The Bertz CT molecular complexity index is 821. The number of rotatable bonds is 6. The minimum atomic E-state index is -3.73. The molecule has 24 heavy (non-hydrogen) atoms. The number of sulfonamides is 1. The van der Waals surface area contributed by atoms with Crippen LogP contribution in [-0.2, 0) is 10.0 Å². The van der Waals surface area contributed by atoms with Gasteiger partial charge in [-0.3, -0.25) is 9.52 Å². The summed E-state index contributed by atoms with van der Waals surface area (Å²) >= 11 is 6.12. The molecule has 0 aliphatic heterocycles. The number of nitrogens with one attached hydrogen (secondary N) is 2. The van der Waals surface area contributed by atoms with Crippen molar-refractivity contribution in [2.75, 3.05) is 11.3 Å². The topological polar surface area (TPSA) is 75.3 Å². The third-order valence-corrected chi connectivity index (χ3v) is 4.89. The van der Waals surface area contributed by atoms with Gasteiger partial charge in [0, 0.05) is 12.1 Å². The van der Waals surface area contributed by atoms with E-state index in [1.54, 1.807) is 18.2 Å². The highest BCUT2D eigenvalue weighted by atomic mass is 35.5. The van der Waals surface area contributed by atoms with Gasteiger partial charge in [0.15, 0.2) is 0 Å². The molecule has 0 aliphatic carbocycles. The smallest absolute Gasteiger partial charge is 0.261 e. The zero-order chi connectivity index (χ0) is 17.7. The van der Waals surface area contributed by atoms with Crippen molar-refractivity contribution in [3.63, 3.8) is 0 Å². The Balaban J connectivity index is 2.17. The van der Waals surface area contributed by atoms with Gasteiger partial charge in [-0.05, 0) is 36.2 Å². The number of halogens is 1. The van der Waals surface area contributed by atoms with E-state index >= 15 is 0 Å². The molecule has 0 bridgehead atoms. The van der Waals surface area contributed by atoms with Gasteiger partial charge in [0.25, 0.3) is 15.9 Å². The lowest BCUT2D eigenvalue weighted by atomic mass is 10.1. The van der Waals surface area contributed by atoms with E-state index in [1.165, 1.54) is 30.3 Å². The van der Waals surface area contributed by atoms with Crippen LogP contribution in [0.5, 0.6) is 0 Å². The van der Waals surface area contributed by atoms with Gasteiger partial charge in [0.05, 0.1) is 15.6 Å². The van der Waals surface area contributed by atoms with Crippen LogP contribution in [0.25, 0.3) is 0 Å². The summed E-state index contributed by atoms with van der Waals surface area (Å²) in [4.78, 5) is 12.1. The van der Waals surface area contributed by atoms with E-state index in [0.29, 0.717) is 18.0 Å². The molecule has 0 spiro atoms. The fourth-order valence-corrected chi connectivity index (χ4v) is 3.33. The van der Waals surface area contributed by atoms with Crippen LogP contribution in [0, 0.1) is 5.92 Å². The van der Waals surface area contributed by atoms with Gasteiger partial charge in [-0.1, -0.05) is 43.6 Å². The average Bonchev–Trinajstić information content (AvgIpc) is 2.55. The molecule has 0 atom stereocenters. The van der Waals surface area contributed by atoms with E-state index in [4.69, 9.17) is 11.6 Å². The van der Waals surface area contributed by atoms with Gasteiger partial charge in [0.2, 0.25) is 0 Å². The minimum absolute atomic E-state index is 0.139. The van der Waals surface area contributed by atoms with E-state index < -0.39 is 10.0 Å². The maximum atomic E-state index is 12.3. The summed E-state index contributed by atoms with van der Waals surface area (Å²) in [5.41, 5.74) is 0.601. The number of carbonyl (C=O) groups excluding carboxylic acids is 1. The van der Waals surface area contributed by atoms with Crippen LogP contribution in [-0.4, -0.2) is 20.9 Å². The Morgan fingerprint density at radius 1 is 1.12 bits per heavy atom. The number of hydrogen-bond donors (Lipinski definition) is 2. The Morgan fingerprint density at radius 2 is 1.79 bits per heavy atom. The average molecular weight is 367 g/mol. The van der Waals surface area contributed by atoms with Gasteiger partial charge < -0.3 is 5.32 Å². The molecule has 7 heteroatoms. The maximum Gasteiger partial charge on any atom is 0.261 e. The molecule has 0 unspecified atom stereocenters. The number of benzene rings is 2. The summed E-state index contributed by atoms with van der Waals surface area (Å²) in [5.74, 6) is 0.0874. The van der Waals surface area contributed by atoms with Crippen LogP contribution in [0.4, 0.5) is 5.69 Å². The van der Waals surface area contributed by atoms with Crippen molar-refractivity contribution in [1.29, 1.82) is 0 Å². The van der Waals surface area contributed by atoms with E-state index in [-0.39, 0.29) is 21.5 Å². The quantitative estimate of drug-likeness (QED) is 0.821. The Hall–Kier alpha value is -2.05. The molecule has 0 aromatic heterocycles. The third kappa shape index (κ3) is 4.72. The first-order chi connectivity index (χ1) is 11.3. The van der Waals surface area contributed by atoms with Gasteiger partial charge in [-0.25, -0.2) is 8.42 Å². The molecular formula is C17H19ClN2O3S. The molecule has 2 aromatic rings. The molecule has 5 nitrogen and oxygen atoms in total. The zero-order valence-corrected chi connectivity index (χ0v) is 15.0. The van der Waals surface area contributed by atoms with Crippen molar-refractivity contribution in [2.45, 2.75) is 18.7 Å². The van der Waals surface area contributed by atoms with E-state index in [1.807, 2.05) is 13.8 Å². The molecule has 0 aliphatic rings. The fraction of sp³-hybridized carbons (Fsp3) is 0.235. The highest BCUT2D eigenvalue weighted by molar-refractivity contribution is 7.92. The van der Waals surface area contributed by atoms with Gasteiger partial charge in [-0.2, -0.15) is 0 Å². The summed E-state index contributed by atoms with van der Waals surface area (Å²) in [6.45, 7) is 4.54. The van der Waals surface area contributed by atoms with Crippen LogP contribution in [0.15, 0.2) is 53.4 Å². The summed E-state index contributed by atoms with van der Waals surface area (Å²) in [7, 11) is -3.73. The molecule has 0 saturated carbocycles. The van der Waals surface area contributed by atoms with Crippen molar-refractivity contribution in [3.8, 4) is 0 Å². The van der Waals surface area contributed by atoms with Gasteiger partial charge in [-0.15, -0.1) is 0 Å². The standard InChI is InChI=1S/C17H19ClN2O3S/c1-12(2)11-19-17(21)13-8-9-16(15(18)10-13)20-24(22,23)14-6-4-3-5-7-14/h3-10,12,20H,11H2,1-2H3,(H,19,21). The molecule has 0 saturated heterocycles. The monoisotopic (exact) mass is 366 g/mol. The Labute approximate surface area is 147 Å². The number of anilines is 1. The molecule has 0 fully saturated rings. The highest BCUT2D eigenvalue weighted by Crippen LogP contribution is 2.25. The summed E-state index contributed by atoms with van der Waals surface area (Å²) in [5, 5.41) is 2.94. The zero-order valence-electron chi connectivity index (χ0n) is 13.4. The first-order valence-electron chi connectivity index (χ1n) is 7.45. The molecular weight excluding hydrogens is 348 g/mol. The fourth-order valence-electron chi connectivity index (χ4n) is 1.94. The van der Waals surface area contributed by atoms with Crippen LogP contribution >= 0.6 is 11.6 Å². The van der Waals surface area contributed by atoms with Crippen LogP contribution < -0.4 is 10.0 Å². The third-order valence-electron chi connectivity index (χ3n) is 3.20. The van der Waals surface area contributed by atoms with E-state index in [0.717, 1.165) is 0 Å². The summed E-state index contributed by atoms with van der Waals surface area (Å²) < 4.78 is 27.0. The molecule has 2 N–H and O–H groups in total. The minimum Gasteiger partial charge on any atom is -0.352 e. The lowest BCUT2D eigenvalue weighted by Gasteiger charge is -2.12. The summed E-state index contributed by atoms with van der Waals surface area (Å²) in [6.07, 6.45) is 0. The van der Waals surface area contributed by atoms with Crippen molar-refractivity contribution < 1.29 is 13.2 Å². The highest BCUT2D eigenvalue weighted by Gasteiger charge is 2.16. The van der Waals surface area contributed by atoms with Gasteiger partial charge >= 0.3 is 0 Å². The lowest BCUT2D eigenvalue weighted by molar-refractivity contribution is 0.0949. The largest absolute Gasteiger partial charge is 0.352 e. The molecule has 0 heterocycles. The first-order valence-corrected chi connectivity index (χ1v) is 9.31. The molecule has 1 amide bonds. The molecule has 0 radical (unpaired) electrons. The van der Waals surface area contributed by atoms with Crippen molar-refractivity contribution in [1.82, 2.24) is 5.32 Å². The van der Waals surface area contributed by atoms with Crippen LogP contribution in [0.2, 0.25) is 5.02 Å². The maximum absolute atomic E-state index is 12.3. The molecule has 2 rings (SSSR count). The van der Waals surface area contributed by atoms with Crippen LogP contribution in [0.3, 0.4) is 0 Å². The molecule has 2 aromatic carbocycles. The number of hydrogen-bond acceptors (Lipinski definition) is 3. The van der Waals surface area contributed by atoms with Crippen LogP contribution in [0.1, 0.15) is 24.2 Å². The number of amides is 1. The predicted octanol–water partition coefficient (Wildman–Crippen LogP) is 3.53. The SMILES string of the molecule is CC(C)CNC(=O)c1ccc(NS(=O)(=O)c2ccccc2)c(Cl)c1.